The molecular weight excluding hydrogens is 448 g/mol. The number of nitrogens with zero attached hydrogens (tertiary/aromatic N) is 4. The maximum Gasteiger partial charge on any atom is 0.170 e. The van der Waals surface area contributed by atoms with E-state index in [1.807, 2.05) is 19.2 Å². The van der Waals surface area contributed by atoms with E-state index in [9.17, 15) is 0 Å². The Morgan fingerprint density at radius 3 is 2.64 bits per heavy atom. The Bertz CT molecular complexity index is 1610. The van der Waals surface area contributed by atoms with Crippen LogP contribution in [0.1, 0.15) is 24.7 Å². The molecule has 6 rings (SSSR count). The first-order chi connectivity index (χ1) is 17.7. The topological polar surface area (TPSA) is 79.2 Å². The summed E-state index contributed by atoms with van der Waals surface area (Å²) in [5.41, 5.74) is 7.09. The Labute approximate surface area is 209 Å². The molecule has 0 atom stereocenters. The van der Waals surface area contributed by atoms with Crippen molar-refractivity contribution in [3.63, 3.8) is 0 Å². The molecule has 5 aromatic rings. The fourth-order valence-corrected chi connectivity index (χ4v) is 4.60. The SMILES string of the molecule is CCNC(=NC)c1cc2ccc(-c3ccc(-c4cn5ccc(C6=NCCCN6)cc5n4)cc3)cc2o1. The molecule has 180 valence electrons. The standard InChI is InChI=1S/C29H28N6O/c1-3-31-29(30-2)26-16-22-10-9-21(15-25(22)36-26)19-5-7-20(8-6-19)24-18-35-14-11-23(17-27(35)34-24)28-32-12-4-13-33-28/h5-11,14-18H,3-4,12-13H2,1-2H3,(H,30,31)(H,32,33). The molecule has 7 heteroatoms. The van der Waals surface area contributed by atoms with Crippen molar-refractivity contribution in [1.29, 1.82) is 0 Å². The number of pyridine rings is 1. The summed E-state index contributed by atoms with van der Waals surface area (Å²) in [6.45, 7) is 4.68. The van der Waals surface area contributed by atoms with Crippen LogP contribution in [0.3, 0.4) is 0 Å². The van der Waals surface area contributed by atoms with Gasteiger partial charge in [0.25, 0.3) is 0 Å². The second kappa shape index (κ2) is 9.34. The monoisotopic (exact) mass is 476 g/mol. The minimum atomic E-state index is 0.753. The maximum atomic E-state index is 6.10. The fraction of sp³-hybridized carbons (Fsp3) is 0.207. The van der Waals surface area contributed by atoms with Gasteiger partial charge in [-0.25, -0.2) is 4.98 Å². The van der Waals surface area contributed by atoms with Gasteiger partial charge in [-0.3, -0.25) is 9.98 Å². The molecule has 0 spiro atoms. The van der Waals surface area contributed by atoms with Crippen LogP contribution in [0, 0.1) is 0 Å². The van der Waals surface area contributed by atoms with Crippen molar-refractivity contribution in [2.45, 2.75) is 13.3 Å². The minimum absolute atomic E-state index is 0.753. The van der Waals surface area contributed by atoms with Crippen LogP contribution in [0.15, 0.2) is 87.5 Å². The van der Waals surface area contributed by atoms with Gasteiger partial charge in [0, 0.05) is 55.6 Å². The van der Waals surface area contributed by atoms with Crippen molar-refractivity contribution in [3.05, 3.63) is 84.4 Å². The first-order valence-corrected chi connectivity index (χ1v) is 12.3. The smallest absolute Gasteiger partial charge is 0.170 e. The molecule has 0 saturated carbocycles. The molecule has 0 bridgehead atoms. The molecule has 36 heavy (non-hydrogen) atoms. The summed E-state index contributed by atoms with van der Waals surface area (Å²) < 4.78 is 8.15. The maximum absolute atomic E-state index is 6.10. The van der Waals surface area contributed by atoms with Crippen LogP contribution in [-0.4, -0.2) is 47.7 Å². The third-order valence-corrected chi connectivity index (χ3v) is 6.47. The van der Waals surface area contributed by atoms with E-state index in [4.69, 9.17) is 9.40 Å². The molecular formula is C29H28N6O. The van der Waals surface area contributed by atoms with Crippen molar-refractivity contribution in [1.82, 2.24) is 20.0 Å². The molecule has 2 N–H and O–H groups in total. The highest BCUT2D eigenvalue weighted by molar-refractivity contribution is 6.00. The largest absolute Gasteiger partial charge is 0.453 e. The van der Waals surface area contributed by atoms with Crippen LogP contribution in [0.25, 0.3) is 39.0 Å². The molecule has 2 aromatic carbocycles. The van der Waals surface area contributed by atoms with E-state index in [0.29, 0.717) is 0 Å². The molecule has 0 amide bonds. The van der Waals surface area contributed by atoms with E-state index >= 15 is 0 Å². The van der Waals surface area contributed by atoms with Crippen LogP contribution in [0.2, 0.25) is 0 Å². The number of fused-ring (bicyclic) bond motifs is 2. The van der Waals surface area contributed by atoms with Crippen molar-refractivity contribution in [3.8, 4) is 22.4 Å². The van der Waals surface area contributed by atoms with Crippen molar-refractivity contribution >= 4 is 28.3 Å². The third kappa shape index (κ3) is 4.13. The molecule has 0 unspecified atom stereocenters. The van der Waals surface area contributed by atoms with E-state index < -0.39 is 0 Å². The molecule has 3 aromatic heterocycles. The summed E-state index contributed by atoms with van der Waals surface area (Å²) in [5.74, 6) is 2.48. The highest BCUT2D eigenvalue weighted by Gasteiger charge is 2.12. The normalized spacial score (nSPS) is 14.2. The summed E-state index contributed by atoms with van der Waals surface area (Å²) in [6, 6.07) is 21.0. The van der Waals surface area contributed by atoms with E-state index in [-0.39, 0.29) is 0 Å². The van der Waals surface area contributed by atoms with E-state index in [0.717, 1.165) is 88.1 Å². The van der Waals surface area contributed by atoms with Gasteiger partial charge in [0.2, 0.25) is 0 Å². The lowest BCUT2D eigenvalue weighted by Gasteiger charge is -2.14. The van der Waals surface area contributed by atoms with Gasteiger partial charge in [-0.2, -0.15) is 0 Å². The highest BCUT2D eigenvalue weighted by Crippen LogP contribution is 2.29. The Kier molecular flexibility index (Phi) is 5.73. The predicted octanol–water partition coefficient (Wildman–Crippen LogP) is 5.14. The first-order valence-electron chi connectivity index (χ1n) is 12.3. The Morgan fingerprint density at radius 2 is 1.86 bits per heavy atom. The van der Waals surface area contributed by atoms with Gasteiger partial charge in [-0.1, -0.05) is 36.4 Å². The third-order valence-electron chi connectivity index (χ3n) is 6.47. The molecule has 1 aliphatic rings. The number of aliphatic imine (C=N–C) groups is 2. The number of furan rings is 1. The number of benzene rings is 2. The molecule has 7 nitrogen and oxygen atoms in total. The average Bonchev–Trinajstić information content (AvgIpc) is 3.55. The molecule has 0 saturated heterocycles. The number of aromatic nitrogens is 2. The van der Waals surface area contributed by atoms with Gasteiger partial charge in [-0.05, 0) is 48.7 Å². The van der Waals surface area contributed by atoms with Gasteiger partial charge in [0.15, 0.2) is 11.6 Å². The van der Waals surface area contributed by atoms with E-state index in [1.54, 1.807) is 7.05 Å². The van der Waals surface area contributed by atoms with E-state index in [1.165, 1.54) is 0 Å². The number of rotatable bonds is 5. The zero-order valence-electron chi connectivity index (χ0n) is 20.5. The van der Waals surface area contributed by atoms with Gasteiger partial charge >= 0.3 is 0 Å². The second-order valence-electron chi connectivity index (χ2n) is 8.86. The Balaban J connectivity index is 1.27. The molecule has 4 heterocycles. The summed E-state index contributed by atoms with van der Waals surface area (Å²) in [7, 11) is 1.77. The summed E-state index contributed by atoms with van der Waals surface area (Å²) in [6.07, 6.45) is 5.19. The van der Waals surface area contributed by atoms with Crippen LogP contribution in [0.5, 0.6) is 0 Å². The average molecular weight is 477 g/mol. The lowest BCUT2D eigenvalue weighted by Crippen LogP contribution is -2.30. The molecule has 0 aliphatic carbocycles. The predicted molar refractivity (Wildman–Crippen MR) is 146 cm³/mol. The number of imidazole rings is 1. The first kappa shape index (κ1) is 22.1. The summed E-state index contributed by atoms with van der Waals surface area (Å²) >= 11 is 0. The van der Waals surface area contributed by atoms with E-state index in [2.05, 4.69) is 85.8 Å². The molecule has 1 aliphatic heterocycles. The van der Waals surface area contributed by atoms with Gasteiger partial charge in [-0.15, -0.1) is 0 Å². The molecule has 0 fully saturated rings. The quantitative estimate of drug-likeness (QED) is 0.272. The zero-order valence-corrected chi connectivity index (χ0v) is 20.5. The molecule has 0 radical (unpaired) electrons. The highest BCUT2D eigenvalue weighted by atomic mass is 16.3. The van der Waals surface area contributed by atoms with Crippen LogP contribution in [0.4, 0.5) is 0 Å². The van der Waals surface area contributed by atoms with Crippen LogP contribution < -0.4 is 10.6 Å². The minimum Gasteiger partial charge on any atom is -0.453 e. The van der Waals surface area contributed by atoms with Gasteiger partial charge < -0.3 is 19.5 Å². The van der Waals surface area contributed by atoms with Crippen molar-refractivity contribution in [2.75, 3.05) is 26.7 Å². The van der Waals surface area contributed by atoms with Crippen LogP contribution in [-0.2, 0) is 0 Å². The Morgan fingerprint density at radius 1 is 1.03 bits per heavy atom. The number of hydrogen-bond donors (Lipinski definition) is 2. The lowest BCUT2D eigenvalue weighted by atomic mass is 10.0. The lowest BCUT2D eigenvalue weighted by molar-refractivity contribution is 0.599. The number of hydrogen-bond acceptors (Lipinski definition) is 5. The van der Waals surface area contributed by atoms with Gasteiger partial charge in [0.05, 0.1) is 5.69 Å². The zero-order chi connectivity index (χ0) is 24.5. The fourth-order valence-electron chi connectivity index (χ4n) is 4.60. The van der Waals surface area contributed by atoms with Crippen molar-refractivity contribution < 1.29 is 4.42 Å². The van der Waals surface area contributed by atoms with Crippen LogP contribution >= 0.6 is 0 Å². The summed E-state index contributed by atoms with van der Waals surface area (Å²) in [4.78, 5) is 13.8. The summed E-state index contributed by atoms with van der Waals surface area (Å²) in [5, 5.41) is 7.69. The number of nitrogens with one attached hydrogen (secondary N) is 2. The van der Waals surface area contributed by atoms with Crippen molar-refractivity contribution in [2.24, 2.45) is 9.98 Å². The second-order valence-corrected chi connectivity index (χ2v) is 8.86. The van der Waals surface area contributed by atoms with Gasteiger partial charge in [0.1, 0.15) is 17.1 Å². The number of amidine groups is 2. The Hall–Kier alpha value is -4.39.